The van der Waals surface area contributed by atoms with Crippen molar-refractivity contribution in [2.75, 3.05) is 11.9 Å². The van der Waals surface area contributed by atoms with Crippen LogP contribution in [0.25, 0.3) is 0 Å². The molecule has 3 aromatic carbocycles. The van der Waals surface area contributed by atoms with Gasteiger partial charge in [-0.25, -0.2) is 4.79 Å². The van der Waals surface area contributed by atoms with Crippen LogP contribution in [0.3, 0.4) is 0 Å². The molecule has 0 saturated heterocycles. The highest BCUT2D eigenvalue weighted by atomic mass is 16.7. The van der Waals surface area contributed by atoms with Gasteiger partial charge in [0, 0.05) is 17.8 Å². The largest absolute Gasteiger partial charge is 0.513 e. The van der Waals surface area contributed by atoms with Crippen LogP contribution in [0.4, 0.5) is 10.5 Å². The van der Waals surface area contributed by atoms with Crippen LogP contribution in [0.5, 0.6) is 5.75 Å². The van der Waals surface area contributed by atoms with E-state index in [1.165, 1.54) is 12.1 Å². The molecule has 0 saturated carbocycles. The first-order chi connectivity index (χ1) is 15.9. The fourth-order valence-corrected chi connectivity index (χ4v) is 3.09. The predicted octanol–water partition coefficient (Wildman–Crippen LogP) is 4.64. The standard InChI is InChI=1S/C26H26N2O5/c1-3-32-26(31)33-23-14-10-20(11-15-23)25(30)27-17-19-8-12-22(13-9-19)28-24(29)16-21-7-5-4-6-18(21)2/h4-15H,3,16-17H2,1-2H3,(H,27,30)(H,28,29). The number of amides is 2. The number of nitrogens with one attached hydrogen (secondary N) is 2. The second-order valence-electron chi connectivity index (χ2n) is 7.34. The Balaban J connectivity index is 1.47. The second-order valence-corrected chi connectivity index (χ2v) is 7.34. The van der Waals surface area contributed by atoms with Crippen LogP contribution in [-0.2, 0) is 22.5 Å². The van der Waals surface area contributed by atoms with Gasteiger partial charge in [-0.05, 0) is 66.9 Å². The molecule has 0 aliphatic heterocycles. The summed E-state index contributed by atoms with van der Waals surface area (Å²) in [6, 6.07) is 21.3. The van der Waals surface area contributed by atoms with Crippen molar-refractivity contribution in [2.24, 2.45) is 0 Å². The smallest absolute Gasteiger partial charge is 0.434 e. The third-order valence-corrected chi connectivity index (χ3v) is 4.88. The van der Waals surface area contributed by atoms with Crippen LogP contribution < -0.4 is 15.4 Å². The van der Waals surface area contributed by atoms with Crippen molar-refractivity contribution in [3.8, 4) is 5.75 Å². The van der Waals surface area contributed by atoms with Crippen molar-refractivity contribution in [3.05, 3.63) is 95.1 Å². The minimum absolute atomic E-state index is 0.0827. The lowest BCUT2D eigenvalue weighted by Gasteiger charge is -2.09. The normalized spacial score (nSPS) is 10.2. The van der Waals surface area contributed by atoms with Crippen LogP contribution >= 0.6 is 0 Å². The molecule has 0 aliphatic carbocycles. The van der Waals surface area contributed by atoms with Gasteiger partial charge in [-0.15, -0.1) is 0 Å². The van der Waals surface area contributed by atoms with Crippen LogP contribution in [0.1, 0.15) is 34.0 Å². The number of hydrogen-bond acceptors (Lipinski definition) is 5. The monoisotopic (exact) mass is 446 g/mol. The molecule has 33 heavy (non-hydrogen) atoms. The molecule has 2 amide bonds. The summed E-state index contributed by atoms with van der Waals surface area (Å²) in [6.07, 6.45) is -0.474. The van der Waals surface area contributed by atoms with Crippen LogP contribution in [0.2, 0.25) is 0 Å². The molecule has 0 bridgehead atoms. The highest BCUT2D eigenvalue weighted by Gasteiger charge is 2.09. The van der Waals surface area contributed by atoms with E-state index in [-0.39, 0.29) is 18.4 Å². The number of hydrogen-bond donors (Lipinski definition) is 2. The van der Waals surface area contributed by atoms with Gasteiger partial charge in [0.05, 0.1) is 13.0 Å². The molecule has 0 aliphatic rings. The quantitative estimate of drug-likeness (QED) is 0.388. The third kappa shape index (κ3) is 7.21. The molecular weight excluding hydrogens is 420 g/mol. The number of rotatable bonds is 8. The van der Waals surface area contributed by atoms with Gasteiger partial charge in [0.25, 0.3) is 5.91 Å². The lowest BCUT2D eigenvalue weighted by Crippen LogP contribution is -2.22. The van der Waals surface area contributed by atoms with Gasteiger partial charge < -0.3 is 20.1 Å². The average Bonchev–Trinajstić information content (AvgIpc) is 2.80. The zero-order valence-electron chi connectivity index (χ0n) is 18.6. The topological polar surface area (TPSA) is 93.7 Å². The van der Waals surface area contributed by atoms with Crippen molar-refractivity contribution >= 4 is 23.7 Å². The summed E-state index contributed by atoms with van der Waals surface area (Å²) in [5, 5.41) is 5.73. The maximum Gasteiger partial charge on any atom is 0.513 e. The van der Waals surface area contributed by atoms with Gasteiger partial charge in [-0.3, -0.25) is 9.59 Å². The van der Waals surface area contributed by atoms with Gasteiger partial charge in [-0.2, -0.15) is 0 Å². The molecular formula is C26H26N2O5. The summed E-state index contributed by atoms with van der Waals surface area (Å²) in [6.45, 7) is 4.22. The minimum Gasteiger partial charge on any atom is -0.434 e. The first-order valence-electron chi connectivity index (χ1n) is 10.6. The molecule has 0 fully saturated rings. The lowest BCUT2D eigenvalue weighted by molar-refractivity contribution is -0.115. The zero-order chi connectivity index (χ0) is 23.6. The number of benzene rings is 3. The molecule has 170 valence electrons. The fourth-order valence-electron chi connectivity index (χ4n) is 3.09. The van der Waals surface area contributed by atoms with Crippen molar-refractivity contribution in [1.29, 1.82) is 0 Å². The highest BCUT2D eigenvalue weighted by molar-refractivity contribution is 5.94. The van der Waals surface area contributed by atoms with E-state index >= 15 is 0 Å². The predicted molar refractivity (Wildman–Crippen MR) is 125 cm³/mol. The van der Waals surface area contributed by atoms with Crippen molar-refractivity contribution < 1.29 is 23.9 Å². The van der Waals surface area contributed by atoms with Gasteiger partial charge in [0.1, 0.15) is 5.75 Å². The van der Waals surface area contributed by atoms with E-state index in [0.717, 1.165) is 16.7 Å². The Morgan fingerprint density at radius 1 is 0.879 bits per heavy atom. The van der Waals surface area contributed by atoms with E-state index in [9.17, 15) is 14.4 Å². The summed E-state index contributed by atoms with van der Waals surface area (Å²) < 4.78 is 9.68. The Bertz CT molecular complexity index is 1110. The Kier molecular flexibility index (Phi) is 8.18. The summed E-state index contributed by atoms with van der Waals surface area (Å²) in [7, 11) is 0. The fraction of sp³-hybridized carbons (Fsp3) is 0.192. The van der Waals surface area contributed by atoms with E-state index in [4.69, 9.17) is 9.47 Å². The van der Waals surface area contributed by atoms with Gasteiger partial charge in [-0.1, -0.05) is 36.4 Å². The molecule has 3 aromatic rings. The number of carbonyl (C=O) groups excluding carboxylic acids is 3. The lowest BCUT2D eigenvalue weighted by atomic mass is 10.1. The summed E-state index contributed by atoms with van der Waals surface area (Å²) >= 11 is 0. The van der Waals surface area contributed by atoms with Crippen LogP contribution in [-0.4, -0.2) is 24.6 Å². The molecule has 0 radical (unpaired) electrons. The van der Waals surface area contributed by atoms with Gasteiger partial charge >= 0.3 is 6.16 Å². The maximum absolute atomic E-state index is 12.4. The number of carbonyl (C=O) groups is 3. The molecule has 7 nitrogen and oxygen atoms in total. The summed E-state index contributed by atoms with van der Waals surface area (Å²) in [4.78, 5) is 36.0. The molecule has 0 aromatic heterocycles. The summed E-state index contributed by atoms with van der Waals surface area (Å²) in [5.74, 6) is -0.0425. The SMILES string of the molecule is CCOC(=O)Oc1ccc(C(=O)NCc2ccc(NC(=O)Cc3ccccc3C)cc2)cc1. The first kappa shape index (κ1) is 23.5. The van der Waals surface area contributed by atoms with Crippen molar-refractivity contribution in [2.45, 2.75) is 26.8 Å². The van der Waals surface area contributed by atoms with Gasteiger partial charge in [0.2, 0.25) is 5.91 Å². The molecule has 0 spiro atoms. The molecule has 7 heteroatoms. The van der Waals surface area contributed by atoms with E-state index in [2.05, 4.69) is 10.6 Å². The molecule has 0 heterocycles. The van der Waals surface area contributed by atoms with E-state index < -0.39 is 6.16 Å². The van der Waals surface area contributed by atoms with Crippen molar-refractivity contribution in [3.63, 3.8) is 0 Å². The molecule has 2 N–H and O–H groups in total. The van der Waals surface area contributed by atoms with E-state index in [0.29, 0.717) is 30.0 Å². The first-order valence-corrected chi connectivity index (χ1v) is 10.6. The highest BCUT2D eigenvalue weighted by Crippen LogP contribution is 2.14. The second kappa shape index (κ2) is 11.5. The summed E-state index contributed by atoms with van der Waals surface area (Å²) in [5.41, 5.74) is 4.10. The minimum atomic E-state index is -0.787. The molecule has 3 rings (SSSR count). The molecule has 0 unspecified atom stereocenters. The Morgan fingerprint density at radius 3 is 2.24 bits per heavy atom. The van der Waals surface area contributed by atoms with E-state index in [1.807, 2.05) is 43.3 Å². The van der Waals surface area contributed by atoms with Crippen LogP contribution in [0.15, 0.2) is 72.8 Å². The van der Waals surface area contributed by atoms with Gasteiger partial charge in [0.15, 0.2) is 0 Å². The van der Waals surface area contributed by atoms with Crippen molar-refractivity contribution in [1.82, 2.24) is 5.32 Å². The van der Waals surface area contributed by atoms with Crippen LogP contribution in [0, 0.1) is 6.92 Å². The number of ether oxygens (including phenoxy) is 2. The average molecular weight is 447 g/mol. The molecule has 0 atom stereocenters. The maximum atomic E-state index is 12.4. The third-order valence-electron chi connectivity index (χ3n) is 4.88. The zero-order valence-corrected chi connectivity index (χ0v) is 18.6. The Morgan fingerprint density at radius 2 is 1.58 bits per heavy atom. The Labute approximate surface area is 192 Å². The number of aryl methyl sites for hydroxylation is 1. The number of anilines is 1. The van der Waals surface area contributed by atoms with E-state index in [1.54, 1.807) is 31.2 Å². The Hall–Kier alpha value is -4.13.